The van der Waals surface area contributed by atoms with Gasteiger partial charge in [0.15, 0.2) is 5.96 Å². The minimum absolute atomic E-state index is 0.0730. The highest BCUT2D eigenvalue weighted by Crippen LogP contribution is 2.22. The monoisotopic (exact) mass is 322 g/mol. The van der Waals surface area contributed by atoms with Crippen LogP contribution in [0.4, 0.5) is 4.39 Å². The third-order valence-corrected chi connectivity index (χ3v) is 3.40. The van der Waals surface area contributed by atoms with E-state index >= 15 is 0 Å². The fraction of sp³-hybridized carbons (Fsp3) is 0.529. The van der Waals surface area contributed by atoms with Crippen LogP contribution in [0.1, 0.15) is 33.3 Å². The van der Waals surface area contributed by atoms with Crippen LogP contribution in [-0.2, 0) is 10.2 Å². The molecule has 1 amide bonds. The molecule has 0 aliphatic heterocycles. The normalized spacial score (nSPS) is 12.0. The van der Waals surface area contributed by atoms with Gasteiger partial charge >= 0.3 is 0 Å². The largest absolute Gasteiger partial charge is 0.357 e. The molecule has 0 unspecified atom stereocenters. The van der Waals surface area contributed by atoms with E-state index in [9.17, 15) is 9.18 Å². The van der Waals surface area contributed by atoms with Crippen molar-refractivity contribution in [2.45, 2.75) is 33.1 Å². The molecule has 23 heavy (non-hydrogen) atoms. The molecule has 0 fully saturated rings. The molecule has 1 rings (SSSR count). The Kier molecular flexibility index (Phi) is 7.51. The Morgan fingerprint density at radius 1 is 1.17 bits per heavy atom. The van der Waals surface area contributed by atoms with Crippen molar-refractivity contribution in [2.75, 3.05) is 26.2 Å². The average molecular weight is 322 g/mol. The summed E-state index contributed by atoms with van der Waals surface area (Å²) in [5.74, 6) is 0.213. The predicted octanol–water partition coefficient (Wildman–Crippen LogP) is 1.79. The lowest BCUT2D eigenvalue weighted by molar-refractivity contribution is -0.119. The Hall–Kier alpha value is -2.11. The number of hydrogen-bond donors (Lipinski definition) is 3. The van der Waals surface area contributed by atoms with Crippen LogP contribution in [0.15, 0.2) is 29.3 Å². The van der Waals surface area contributed by atoms with Crippen LogP contribution in [0.5, 0.6) is 0 Å². The van der Waals surface area contributed by atoms with Gasteiger partial charge in [-0.05, 0) is 31.5 Å². The van der Waals surface area contributed by atoms with Gasteiger partial charge in [-0.25, -0.2) is 9.38 Å². The quantitative estimate of drug-likeness (QED) is 0.530. The number of hydrogen-bond acceptors (Lipinski definition) is 2. The van der Waals surface area contributed by atoms with E-state index in [1.54, 1.807) is 12.1 Å². The van der Waals surface area contributed by atoms with Crippen LogP contribution >= 0.6 is 0 Å². The van der Waals surface area contributed by atoms with E-state index in [-0.39, 0.29) is 23.7 Å². The van der Waals surface area contributed by atoms with Gasteiger partial charge in [0, 0.05) is 25.0 Å². The van der Waals surface area contributed by atoms with Gasteiger partial charge in [-0.2, -0.15) is 0 Å². The lowest BCUT2D eigenvalue weighted by atomic mass is 9.84. The maximum Gasteiger partial charge on any atom is 0.241 e. The molecule has 128 valence electrons. The number of halogens is 1. The summed E-state index contributed by atoms with van der Waals surface area (Å²) >= 11 is 0. The zero-order valence-electron chi connectivity index (χ0n) is 14.4. The Morgan fingerprint density at radius 2 is 1.87 bits per heavy atom. The van der Waals surface area contributed by atoms with Gasteiger partial charge in [-0.3, -0.25) is 4.79 Å². The summed E-state index contributed by atoms with van der Waals surface area (Å²) in [5, 5.41) is 9.02. The van der Waals surface area contributed by atoms with Crippen molar-refractivity contribution >= 4 is 11.9 Å². The number of guanidine groups is 1. The van der Waals surface area contributed by atoms with E-state index < -0.39 is 0 Å². The van der Waals surface area contributed by atoms with Crippen LogP contribution in [0.2, 0.25) is 0 Å². The van der Waals surface area contributed by atoms with Gasteiger partial charge in [-0.1, -0.05) is 26.0 Å². The smallest absolute Gasteiger partial charge is 0.241 e. The lowest BCUT2D eigenvalue weighted by Gasteiger charge is -2.26. The summed E-state index contributed by atoms with van der Waals surface area (Å²) in [6, 6.07) is 6.59. The van der Waals surface area contributed by atoms with Gasteiger partial charge < -0.3 is 16.0 Å². The molecule has 0 aliphatic carbocycles. The number of carbonyl (C=O) groups is 1. The van der Waals surface area contributed by atoms with Crippen LogP contribution < -0.4 is 16.0 Å². The van der Waals surface area contributed by atoms with Crippen molar-refractivity contribution in [3.8, 4) is 0 Å². The second-order valence-corrected chi connectivity index (χ2v) is 5.90. The fourth-order valence-corrected chi connectivity index (χ4v) is 2.06. The molecule has 6 heteroatoms. The molecule has 0 heterocycles. The molecule has 0 radical (unpaired) electrons. The number of amides is 1. The SMILES string of the molecule is CCNC(=O)CN=C(NCC)NCC(C)(C)c1cccc(F)c1. The third-order valence-electron chi connectivity index (χ3n) is 3.40. The van der Waals surface area contributed by atoms with Crippen molar-refractivity contribution in [3.63, 3.8) is 0 Å². The first-order valence-corrected chi connectivity index (χ1v) is 7.94. The molecule has 0 saturated heterocycles. The van der Waals surface area contributed by atoms with E-state index in [2.05, 4.69) is 20.9 Å². The van der Waals surface area contributed by atoms with Crippen molar-refractivity contribution in [1.29, 1.82) is 0 Å². The Labute approximate surface area is 137 Å². The number of nitrogens with one attached hydrogen (secondary N) is 3. The minimum atomic E-state index is -0.274. The summed E-state index contributed by atoms with van der Waals surface area (Å²) in [4.78, 5) is 15.8. The maximum absolute atomic E-state index is 13.4. The standard InChI is InChI=1S/C17H27FN4O/c1-5-19-15(23)11-21-16(20-6-2)22-12-17(3,4)13-8-7-9-14(18)10-13/h7-10H,5-6,11-12H2,1-4H3,(H,19,23)(H2,20,21,22). The molecule has 0 saturated carbocycles. The highest BCUT2D eigenvalue weighted by atomic mass is 19.1. The van der Waals surface area contributed by atoms with E-state index in [0.717, 1.165) is 5.56 Å². The van der Waals surface area contributed by atoms with Crippen molar-refractivity contribution in [1.82, 2.24) is 16.0 Å². The van der Waals surface area contributed by atoms with Crippen LogP contribution in [0, 0.1) is 5.82 Å². The Balaban J connectivity index is 2.69. The van der Waals surface area contributed by atoms with E-state index in [1.807, 2.05) is 33.8 Å². The summed E-state index contributed by atoms with van der Waals surface area (Å²) < 4.78 is 13.4. The first kappa shape index (κ1) is 18.9. The van der Waals surface area contributed by atoms with E-state index in [0.29, 0.717) is 25.6 Å². The first-order valence-electron chi connectivity index (χ1n) is 7.94. The second-order valence-electron chi connectivity index (χ2n) is 5.90. The predicted molar refractivity (Wildman–Crippen MR) is 92.1 cm³/mol. The summed E-state index contributed by atoms with van der Waals surface area (Å²) in [7, 11) is 0. The molecule has 1 aromatic carbocycles. The van der Waals surface area contributed by atoms with Crippen LogP contribution in [-0.4, -0.2) is 38.0 Å². The topological polar surface area (TPSA) is 65.5 Å². The van der Waals surface area contributed by atoms with Crippen molar-refractivity contribution in [3.05, 3.63) is 35.6 Å². The van der Waals surface area contributed by atoms with Gasteiger partial charge in [0.25, 0.3) is 0 Å². The average Bonchev–Trinajstić information content (AvgIpc) is 2.50. The van der Waals surface area contributed by atoms with Crippen molar-refractivity contribution in [2.24, 2.45) is 4.99 Å². The second kappa shape index (κ2) is 9.12. The molecule has 5 nitrogen and oxygen atoms in total. The zero-order valence-corrected chi connectivity index (χ0v) is 14.4. The fourth-order valence-electron chi connectivity index (χ4n) is 2.06. The first-order chi connectivity index (χ1) is 10.9. The van der Waals surface area contributed by atoms with E-state index in [1.165, 1.54) is 6.07 Å². The number of aliphatic imine (C=N–C) groups is 1. The molecular formula is C17H27FN4O. The van der Waals surface area contributed by atoms with Gasteiger partial charge in [0.2, 0.25) is 5.91 Å². The van der Waals surface area contributed by atoms with Crippen LogP contribution in [0.25, 0.3) is 0 Å². The summed E-state index contributed by atoms with van der Waals surface area (Å²) in [6.07, 6.45) is 0. The molecule has 3 N–H and O–H groups in total. The van der Waals surface area contributed by atoms with E-state index in [4.69, 9.17) is 0 Å². The summed E-state index contributed by atoms with van der Waals surface area (Å²) in [5.41, 5.74) is 0.633. The molecule has 0 atom stereocenters. The van der Waals surface area contributed by atoms with Gasteiger partial charge in [0.05, 0.1) is 0 Å². The lowest BCUT2D eigenvalue weighted by Crippen LogP contribution is -2.44. The summed E-state index contributed by atoms with van der Waals surface area (Å²) in [6.45, 7) is 9.81. The molecule has 0 spiro atoms. The minimum Gasteiger partial charge on any atom is -0.357 e. The molecule has 0 bridgehead atoms. The van der Waals surface area contributed by atoms with Gasteiger partial charge in [-0.15, -0.1) is 0 Å². The Morgan fingerprint density at radius 3 is 2.48 bits per heavy atom. The Bertz CT molecular complexity index is 543. The molecule has 0 aliphatic rings. The number of benzene rings is 1. The maximum atomic E-state index is 13.4. The highest BCUT2D eigenvalue weighted by Gasteiger charge is 2.21. The van der Waals surface area contributed by atoms with Gasteiger partial charge in [0.1, 0.15) is 12.4 Å². The van der Waals surface area contributed by atoms with Crippen molar-refractivity contribution < 1.29 is 9.18 Å². The number of carbonyl (C=O) groups excluding carboxylic acids is 1. The molecule has 0 aromatic heterocycles. The third kappa shape index (κ3) is 6.67. The zero-order chi connectivity index (χ0) is 17.3. The number of likely N-dealkylation sites (N-methyl/N-ethyl adjacent to an activating group) is 1. The highest BCUT2D eigenvalue weighted by molar-refractivity contribution is 5.84. The molecule has 1 aromatic rings. The number of nitrogens with zero attached hydrogens (tertiary/aromatic N) is 1. The van der Waals surface area contributed by atoms with Crippen LogP contribution in [0.3, 0.4) is 0 Å². The number of rotatable bonds is 7. The molecular weight excluding hydrogens is 295 g/mol.